The minimum Gasteiger partial charge on any atom is -0.492 e. The van der Waals surface area contributed by atoms with Gasteiger partial charge in [0.15, 0.2) is 5.66 Å². The van der Waals surface area contributed by atoms with Gasteiger partial charge in [-0.25, -0.2) is 9.98 Å². The Kier molecular flexibility index (Phi) is 2.84. The summed E-state index contributed by atoms with van der Waals surface area (Å²) in [5, 5.41) is 9.60. The molecule has 0 saturated heterocycles. The van der Waals surface area contributed by atoms with E-state index in [-0.39, 0.29) is 5.90 Å². The van der Waals surface area contributed by atoms with Crippen LogP contribution in [0.3, 0.4) is 0 Å². The summed E-state index contributed by atoms with van der Waals surface area (Å²) < 4.78 is 0.993. The predicted molar refractivity (Wildman–Crippen MR) is 69.3 cm³/mol. The van der Waals surface area contributed by atoms with Crippen LogP contribution >= 0.6 is 15.9 Å². The third kappa shape index (κ3) is 1.78. The van der Waals surface area contributed by atoms with Crippen LogP contribution in [0.1, 0.15) is 25.8 Å². The van der Waals surface area contributed by atoms with E-state index in [0.717, 1.165) is 16.5 Å². The molecule has 1 N–H and O–H groups in total. The largest absolute Gasteiger partial charge is 0.492 e. The first kappa shape index (κ1) is 11.3. The average Bonchev–Trinajstić information content (AvgIpc) is 2.56. The summed E-state index contributed by atoms with van der Waals surface area (Å²) in [5.41, 5.74) is 0.951. The second-order valence-electron chi connectivity index (χ2n) is 3.81. The minimum absolute atomic E-state index is 0.0434. The zero-order valence-corrected chi connectivity index (χ0v) is 10.8. The van der Waals surface area contributed by atoms with Gasteiger partial charge in [0.25, 0.3) is 0 Å². The molecule has 0 amide bonds. The van der Waals surface area contributed by atoms with Gasteiger partial charge in [0.2, 0.25) is 5.90 Å². The molecule has 3 nitrogen and oxygen atoms in total. The molecule has 0 saturated carbocycles. The average molecular weight is 281 g/mol. The first-order valence-corrected chi connectivity index (χ1v) is 5.98. The molecule has 1 heterocycles. The molecule has 0 fully saturated rings. The number of aliphatic hydroxyl groups is 1. The zero-order chi connectivity index (χ0) is 11.8. The third-order valence-electron chi connectivity index (χ3n) is 2.75. The number of hydrogen-bond acceptors (Lipinski definition) is 2. The molecule has 1 unspecified atom stereocenters. The molecule has 0 spiro atoms. The number of rotatable bonds is 2. The fourth-order valence-corrected chi connectivity index (χ4v) is 2.24. The van der Waals surface area contributed by atoms with Crippen molar-refractivity contribution in [2.24, 2.45) is 9.98 Å². The number of aliphatic hydroxyl groups excluding tert-OH is 1. The summed E-state index contributed by atoms with van der Waals surface area (Å²) in [4.78, 5) is 8.75. The summed E-state index contributed by atoms with van der Waals surface area (Å²) in [6.07, 6.45) is 0.727. The molecule has 1 aliphatic rings. The van der Waals surface area contributed by atoms with Crippen LogP contribution in [0, 0.1) is 0 Å². The Labute approximate surface area is 103 Å². The number of aliphatic imine (C=N–C) groups is 2. The lowest BCUT2D eigenvalue weighted by Gasteiger charge is -2.21. The Hall–Kier alpha value is -1.16. The Morgan fingerprint density at radius 1 is 1.38 bits per heavy atom. The summed E-state index contributed by atoms with van der Waals surface area (Å²) in [7, 11) is 0. The first-order valence-electron chi connectivity index (χ1n) is 5.19. The fourth-order valence-electron chi connectivity index (χ4n) is 1.84. The normalized spacial score (nSPS) is 24.2. The van der Waals surface area contributed by atoms with Crippen molar-refractivity contribution >= 4 is 27.5 Å². The summed E-state index contributed by atoms with van der Waals surface area (Å²) in [6, 6.07) is 7.88. The zero-order valence-electron chi connectivity index (χ0n) is 9.24. The van der Waals surface area contributed by atoms with E-state index < -0.39 is 5.66 Å². The molecule has 4 heteroatoms. The standard InChI is InChI=1S/C12H13BrN2O/c1-3-12(14-8(2)11(16)15-12)9-5-4-6-10(13)7-9/h4-7H,3H2,1-2H3,(H,15,16). The lowest BCUT2D eigenvalue weighted by Crippen LogP contribution is -2.17. The maximum atomic E-state index is 9.60. The number of benzene rings is 1. The van der Waals surface area contributed by atoms with E-state index in [1.165, 1.54) is 0 Å². The van der Waals surface area contributed by atoms with Crippen molar-refractivity contribution in [1.29, 1.82) is 0 Å². The molecular formula is C12H13BrN2O. The second kappa shape index (κ2) is 4.01. The van der Waals surface area contributed by atoms with Gasteiger partial charge < -0.3 is 5.11 Å². The highest BCUT2D eigenvalue weighted by Gasteiger charge is 2.35. The lowest BCUT2D eigenvalue weighted by molar-refractivity contribution is 0.451. The Morgan fingerprint density at radius 3 is 2.62 bits per heavy atom. The summed E-state index contributed by atoms with van der Waals surface area (Å²) in [6.45, 7) is 3.79. The summed E-state index contributed by atoms with van der Waals surface area (Å²) >= 11 is 3.43. The quantitative estimate of drug-likeness (QED) is 0.886. The van der Waals surface area contributed by atoms with Crippen LogP contribution < -0.4 is 0 Å². The van der Waals surface area contributed by atoms with Crippen LogP contribution in [-0.2, 0) is 5.66 Å². The van der Waals surface area contributed by atoms with E-state index in [0.29, 0.717) is 5.71 Å². The van der Waals surface area contributed by atoms with E-state index in [4.69, 9.17) is 0 Å². The maximum absolute atomic E-state index is 9.60. The summed E-state index contributed by atoms with van der Waals surface area (Å²) in [5.74, 6) is 0.0434. The van der Waals surface area contributed by atoms with Crippen molar-refractivity contribution in [3.8, 4) is 0 Å². The van der Waals surface area contributed by atoms with Gasteiger partial charge in [-0.2, -0.15) is 0 Å². The Balaban J connectivity index is 2.53. The number of halogens is 1. The van der Waals surface area contributed by atoms with Gasteiger partial charge >= 0.3 is 0 Å². The van der Waals surface area contributed by atoms with E-state index in [1.807, 2.05) is 31.2 Å². The van der Waals surface area contributed by atoms with Gasteiger partial charge in [-0.1, -0.05) is 35.0 Å². The second-order valence-corrected chi connectivity index (χ2v) is 4.73. The molecule has 84 valence electrons. The molecule has 1 aromatic carbocycles. The smallest absolute Gasteiger partial charge is 0.230 e. The van der Waals surface area contributed by atoms with Gasteiger partial charge in [-0.15, -0.1) is 0 Å². The monoisotopic (exact) mass is 280 g/mol. The van der Waals surface area contributed by atoms with Crippen LogP contribution in [0.15, 0.2) is 38.7 Å². The van der Waals surface area contributed by atoms with Crippen LogP contribution in [0.25, 0.3) is 0 Å². The van der Waals surface area contributed by atoms with Crippen molar-refractivity contribution in [1.82, 2.24) is 0 Å². The highest BCUT2D eigenvalue weighted by molar-refractivity contribution is 9.10. The predicted octanol–water partition coefficient (Wildman–Crippen LogP) is 3.44. The molecule has 16 heavy (non-hydrogen) atoms. The number of hydrogen-bond donors (Lipinski definition) is 1. The molecule has 0 bridgehead atoms. The van der Waals surface area contributed by atoms with Crippen LogP contribution in [0.2, 0.25) is 0 Å². The molecule has 0 radical (unpaired) electrons. The SMILES string of the molecule is CCC1(c2cccc(Br)c2)N=C(C)C(O)=N1. The Morgan fingerprint density at radius 2 is 2.12 bits per heavy atom. The molecular weight excluding hydrogens is 268 g/mol. The van der Waals surface area contributed by atoms with Crippen LogP contribution in [-0.4, -0.2) is 16.7 Å². The molecule has 1 aliphatic heterocycles. The van der Waals surface area contributed by atoms with E-state index in [9.17, 15) is 5.11 Å². The van der Waals surface area contributed by atoms with Crippen LogP contribution in [0.4, 0.5) is 0 Å². The van der Waals surface area contributed by atoms with Gasteiger partial charge in [0, 0.05) is 10.0 Å². The van der Waals surface area contributed by atoms with Crippen molar-refractivity contribution in [2.45, 2.75) is 25.9 Å². The topological polar surface area (TPSA) is 45.0 Å². The number of nitrogens with zero attached hydrogens (tertiary/aromatic N) is 2. The molecule has 1 atom stereocenters. The lowest BCUT2D eigenvalue weighted by atomic mass is 9.98. The van der Waals surface area contributed by atoms with Gasteiger partial charge in [0.1, 0.15) is 0 Å². The van der Waals surface area contributed by atoms with Crippen LogP contribution in [0.5, 0.6) is 0 Å². The fraction of sp³-hybridized carbons (Fsp3) is 0.333. The van der Waals surface area contributed by atoms with Gasteiger partial charge in [-0.05, 0) is 25.5 Å². The van der Waals surface area contributed by atoms with E-state index >= 15 is 0 Å². The van der Waals surface area contributed by atoms with E-state index in [2.05, 4.69) is 25.9 Å². The van der Waals surface area contributed by atoms with E-state index in [1.54, 1.807) is 6.92 Å². The third-order valence-corrected chi connectivity index (χ3v) is 3.24. The molecule has 0 aromatic heterocycles. The molecule has 2 rings (SSSR count). The van der Waals surface area contributed by atoms with Gasteiger partial charge in [-0.3, -0.25) is 0 Å². The van der Waals surface area contributed by atoms with Crippen molar-refractivity contribution in [3.05, 3.63) is 34.3 Å². The molecule has 1 aromatic rings. The van der Waals surface area contributed by atoms with Gasteiger partial charge in [0.05, 0.1) is 5.71 Å². The minimum atomic E-state index is -0.641. The maximum Gasteiger partial charge on any atom is 0.230 e. The first-order chi connectivity index (χ1) is 7.57. The van der Waals surface area contributed by atoms with Crippen molar-refractivity contribution in [3.63, 3.8) is 0 Å². The van der Waals surface area contributed by atoms with Crippen molar-refractivity contribution < 1.29 is 5.11 Å². The molecule has 0 aliphatic carbocycles. The Bertz CT molecular complexity index is 462. The highest BCUT2D eigenvalue weighted by atomic mass is 79.9. The van der Waals surface area contributed by atoms with Crippen molar-refractivity contribution in [2.75, 3.05) is 0 Å². The highest BCUT2D eigenvalue weighted by Crippen LogP contribution is 2.35.